The van der Waals surface area contributed by atoms with Gasteiger partial charge in [0.15, 0.2) is 5.11 Å². The van der Waals surface area contributed by atoms with Crippen molar-refractivity contribution in [2.24, 2.45) is 10.8 Å². The molecule has 0 saturated heterocycles. The lowest BCUT2D eigenvalue weighted by Gasteiger charge is -2.22. The summed E-state index contributed by atoms with van der Waals surface area (Å²) in [4.78, 5) is 11.8. The van der Waals surface area contributed by atoms with Crippen LogP contribution in [0.2, 0.25) is 0 Å². The Bertz CT molecular complexity index is 586. The Morgan fingerprint density at radius 3 is 2.64 bits per heavy atom. The quantitative estimate of drug-likeness (QED) is 0.300. The number of carbonyl (C=O) groups excluding carboxylic acids is 1. The molecule has 0 aliphatic heterocycles. The largest absolute Gasteiger partial charge is 0.450 e. The van der Waals surface area contributed by atoms with Crippen LogP contribution < -0.4 is 16.5 Å². The average Bonchev–Trinajstić information content (AvgIpc) is 2.62. The Labute approximate surface area is 154 Å². The lowest BCUT2D eigenvalue weighted by Crippen LogP contribution is -2.36. The zero-order valence-corrected chi connectivity index (χ0v) is 15.2. The van der Waals surface area contributed by atoms with E-state index in [0.717, 1.165) is 24.1 Å². The Morgan fingerprint density at radius 1 is 1.24 bits per heavy atom. The lowest BCUT2D eigenvalue weighted by atomic mass is 9.96. The second-order valence-corrected chi connectivity index (χ2v) is 6.56. The summed E-state index contributed by atoms with van der Waals surface area (Å²) < 4.78 is 5.28. The van der Waals surface area contributed by atoms with Gasteiger partial charge in [-0.25, -0.2) is 4.79 Å². The summed E-state index contributed by atoms with van der Waals surface area (Å²) in [5, 5.41) is 7.31. The molecule has 1 aliphatic carbocycles. The van der Waals surface area contributed by atoms with Crippen molar-refractivity contribution in [1.82, 2.24) is 10.7 Å². The van der Waals surface area contributed by atoms with E-state index < -0.39 is 0 Å². The van der Waals surface area contributed by atoms with E-state index in [0.29, 0.717) is 19.4 Å². The van der Waals surface area contributed by atoms with Crippen molar-refractivity contribution in [2.75, 3.05) is 6.61 Å². The molecule has 1 aliphatic rings. The Morgan fingerprint density at radius 2 is 1.96 bits per heavy atom. The molecule has 0 radical (unpaired) electrons. The predicted octanol–water partition coefficient (Wildman–Crippen LogP) is 3.06. The van der Waals surface area contributed by atoms with E-state index in [4.69, 9.17) is 22.7 Å². The first-order valence-corrected chi connectivity index (χ1v) is 9.16. The van der Waals surface area contributed by atoms with Crippen molar-refractivity contribution in [1.29, 1.82) is 0 Å². The van der Waals surface area contributed by atoms with Crippen molar-refractivity contribution in [3.8, 4) is 0 Å². The maximum Gasteiger partial charge on any atom is 0.407 e. The number of rotatable bonds is 7. The minimum atomic E-state index is -0.327. The second-order valence-electron chi connectivity index (χ2n) is 6.12. The number of hydrogen-bond acceptors (Lipinski definition) is 4. The molecule has 1 saturated carbocycles. The molecule has 136 valence electrons. The van der Waals surface area contributed by atoms with Gasteiger partial charge in [0.05, 0.1) is 12.3 Å². The van der Waals surface area contributed by atoms with Crippen LogP contribution in [0.5, 0.6) is 0 Å². The molecule has 0 bridgehead atoms. The summed E-state index contributed by atoms with van der Waals surface area (Å²) in [6.07, 6.45) is 6.70. The zero-order valence-electron chi connectivity index (χ0n) is 14.4. The number of nitrogens with one attached hydrogen (secondary N) is 2. The smallest absolute Gasteiger partial charge is 0.407 e. The third kappa shape index (κ3) is 7.51. The predicted molar refractivity (Wildman–Crippen MR) is 103 cm³/mol. The number of nitrogens with two attached hydrogens (primary N) is 1. The molecule has 0 aromatic heterocycles. The molecule has 2 rings (SSSR count). The number of ether oxygens (including phenoxy) is 1. The van der Waals surface area contributed by atoms with Gasteiger partial charge in [-0.15, -0.1) is 0 Å². The maximum atomic E-state index is 11.8. The Kier molecular flexibility index (Phi) is 8.18. The van der Waals surface area contributed by atoms with Gasteiger partial charge in [0.2, 0.25) is 0 Å². The summed E-state index contributed by atoms with van der Waals surface area (Å²) in [6, 6.07) is 10.0. The average molecular weight is 362 g/mol. The minimum absolute atomic E-state index is 0.122. The van der Waals surface area contributed by atoms with Gasteiger partial charge in [0.25, 0.3) is 0 Å². The van der Waals surface area contributed by atoms with Gasteiger partial charge in [-0.05, 0) is 43.5 Å². The summed E-state index contributed by atoms with van der Waals surface area (Å²) in [5.74, 6) is 0. The number of benzene rings is 1. The van der Waals surface area contributed by atoms with Crippen LogP contribution in [0.3, 0.4) is 0 Å². The van der Waals surface area contributed by atoms with Gasteiger partial charge in [-0.3, -0.25) is 5.43 Å². The van der Waals surface area contributed by atoms with Gasteiger partial charge in [0.1, 0.15) is 0 Å². The molecule has 0 atom stereocenters. The number of alkyl carbamates (subject to hydrolysis) is 1. The van der Waals surface area contributed by atoms with Crippen LogP contribution in [0.25, 0.3) is 0 Å². The van der Waals surface area contributed by atoms with E-state index in [-0.39, 0.29) is 17.2 Å². The molecule has 6 nitrogen and oxygen atoms in total. The maximum absolute atomic E-state index is 11.8. The standard InChI is InChI=1S/C18H26N4O2S/c19-17(25)22-21-16(14-8-3-1-4-9-14)12-7-13-24-18(23)20-15-10-5-2-6-11-15/h1,3-4,8-9,15H,2,5-7,10-13H2,(H,20,23)(H3,19,22,25)/b21-16+. The van der Waals surface area contributed by atoms with Gasteiger partial charge < -0.3 is 15.8 Å². The SMILES string of the molecule is NC(=S)N/N=C(\CCCOC(=O)NC1CCCCC1)c1ccccc1. The van der Waals surface area contributed by atoms with Gasteiger partial charge in [-0.1, -0.05) is 49.6 Å². The van der Waals surface area contributed by atoms with E-state index in [2.05, 4.69) is 15.8 Å². The van der Waals surface area contributed by atoms with Crippen LogP contribution in [0.1, 0.15) is 50.5 Å². The monoisotopic (exact) mass is 362 g/mol. The molecule has 1 aromatic carbocycles. The zero-order chi connectivity index (χ0) is 17.9. The Balaban J connectivity index is 1.75. The second kappa shape index (κ2) is 10.7. The summed E-state index contributed by atoms with van der Waals surface area (Å²) >= 11 is 4.79. The van der Waals surface area contributed by atoms with Crippen LogP contribution in [0, 0.1) is 0 Å². The highest BCUT2D eigenvalue weighted by Gasteiger charge is 2.16. The number of carbonyl (C=O) groups is 1. The molecule has 0 heterocycles. The fraction of sp³-hybridized carbons (Fsp3) is 0.500. The molecule has 0 unspecified atom stereocenters. The number of nitrogens with zero attached hydrogens (tertiary/aromatic N) is 1. The van der Waals surface area contributed by atoms with E-state index in [1.807, 2.05) is 30.3 Å². The van der Waals surface area contributed by atoms with Crippen molar-refractivity contribution in [3.63, 3.8) is 0 Å². The molecule has 0 spiro atoms. The molecule has 7 heteroatoms. The summed E-state index contributed by atoms with van der Waals surface area (Å²) in [5.41, 5.74) is 9.87. The first-order chi connectivity index (χ1) is 12.1. The molecular formula is C18H26N4O2S. The van der Waals surface area contributed by atoms with E-state index in [1.165, 1.54) is 19.3 Å². The molecule has 1 amide bonds. The fourth-order valence-electron chi connectivity index (χ4n) is 2.88. The fourth-order valence-corrected chi connectivity index (χ4v) is 2.92. The normalized spacial score (nSPS) is 15.4. The van der Waals surface area contributed by atoms with Gasteiger partial charge in [-0.2, -0.15) is 5.10 Å². The van der Waals surface area contributed by atoms with Crippen LogP contribution in [-0.2, 0) is 4.74 Å². The Hall–Kier alpha value is -2.15. The summed E-state index contributed by atoms with van der Waals surface area (Å²) in [6.45, 7) is 0.345. The van der Waals surface area contributed by atoms with Crippen LogP contribution in [0.15, 0.2) is 35.4 Å². The summed E-state index contributed by atoms with van der Waals surface area (Å²) in [7, 11) is 0. The minimum Gasteiger partial charge on any atom is -0.450 e. The van der Waals surface area contributed by atoms with Crippen molar-refractivity contribution in [3.05, 3.63) is 35.9 Å². The highest BCUT2D eigenvalue weighted by atomic mass is 32.1. The van der Waals surface area contributed by atoms with Gasteiger partial charge >= 0.3 is 6.09 Å². The van der Waals surface area contributed by atoms with Crippen LogP contribution >= 0.6 is 12.2 Å². The molecule has 4 N–H and O–H groups in total. The first kappa shape index (κ1) is 19.2. The van der Waals surface area contributed by atoms with Crippen molar-refractivity contribution < 1.29 is 9.53 Å². The van der Waals surface area contributed by atoms with E-state index in [1.54, 1.807) is 0 Å². The van der Waals surface area contributed by atoms with E-state index in [9.17, 15) is 4.79 Å². The first-order valence-electron chi connectivity index (χ1n) is 8.76. The number of hydrogen-bond donors (Lipinski definition) is 3. The highest BCUT2D eigenvalue weighted by Crippen LogP contribution is 2.17. The number of amides is 1. The van der Waals surface area contributed by atoms with Crippen molar-refractivity contribution in [2.45, 2.75) is 51.0 Å². The number of thiocarbonyl (C=S) groups is 1. The molecule has 1 fully saturated rings. The third-order valence-electron chi connectivity index (χ3n) is 4.13. The topological polar surface area (TPSA) is 88.7 Å². The molecule has 25 heavy (non-hydrogen) atoms. The lowest BCUT2D eigenvalue weighted by molar-refractivity contribution is 0.138. The molecular weight excluding hydrogens is 336 g/mol. The highest BCUT2D eigenvalue weighted by molar-refractivity contribution is 7.80. The number of hydrazone groups is 1. The third-order valence-corrected chi connectivity index (χ3v) is 4.22. The van der Waals surface area contributed by atoms with Gasteiger partial charge in [0, 0.05) is 6.04 Å². The van der Waals surface area contributed by atoms with E-state index >= 15 is 0 Å². The van der Waals surface area contributed by atoms with Crippen molar-refractivity contribution >= 4 is 29.1 Å². The molecule has 1 aromatic rings. The van der Waals surface area contributed by atoms with Crippen LogP contribution in [-0.4, -0.2) is 29.6 Å². The van der Waals surface area contributed by atoms with Crippen LogP contribution in [0.4, 0.5) is 4.79 Å².